The molecule has 2 rings (SSSR count). The summed E-state index contributed by atoms with van der Waals surface area (Å²) in [6.45, 7) is 9.17. The average molecular weight is 314 g/mol. The maximum atomic E-state index is 6.18. The molecule has 0 aromatic heterocycles. The summed E-state index contributed by atoms with van der Waals surface area (Å²) in [5.41, 5.74) is 1.67. The molecule has 0 unspecified atom stereocenters. The Morgan fingerprint density at radius 2 is 1.90 bits per heavy atom. The van der Waals surface area contributed by atoms with E-state index in [1.807, 2.05) is 6.07 Å². The first-order valence-electron chi connectivity index (χ1n) is 7.68. The van der Waals surface area contributed by atoms with Crippen LogP contribution in [0.4, 0.5) is 0 Å². The van der Waals surface area contributed by atoms with Gasteiger partial charge in [0.15, 0.2) is 0 Å². The molecule has 0 radical (unpaired) electrons. The predicted octanol–water partition coefficient (Wildman–Crippen LogP) is 5.54. The predicted molar refractivity (Wildman–Crippen MR) is 89.0 cm³/mol. The summed E-state index contributed by atoms with van der Waals surface area (Å²) in [5, 5.41) is 1.33. The second kappa shape index (κ2) is 6.68. The van der Waals surface area contributed by atoms with E-state index >= 15 is 0 Å². The van der Waals surface area contributed by atoms with Crippen molar-refractivity contribution in [1.29, 1.82) is 0 Å². The van der Waals surface area contributed by atoms with Crippen LogP contribution in [0.3, 0.4) is 0 Å². The van der Waals surface area contributed by atoms with Gasteiger partial charge in [0.2, 0.25) is 0 Å². The Kier molecular flexibility index (Phi) is 5.39. The molecule has 112 valence electrons. The lowest BCUT2D eigenvalue weighted by molar-refractivity contribution is 0.198. The molecule has 0 bridgehead atoms. The highest BCUT2D eigenvalue weighted by Gasteiger charge is 2.45. The van der Waals surface area contributed by atoms with Crippen molar-refractivity contribution in [2.75, 3.05) is 13.1 Å². The fourth-order valence-electron chi connectivity index (χ4n) is 2.78. The van der Waals surface area contributed by atoms with E-state index in [-0.39, 0.29) is 0 Å². The quantitative estimate of drug-likeness (QED) is 0.639. The first kappa shape index (κ1) is 16.1. The third-order valence-corrected chi connectivity index (χ3v) is 5.16. The van der Waals surface area contributed by atoms with Gasteiger partial charge >= 0.3 is 0 Å². The Labute approximate surface area is 133 Å². The van der Waals surface area contributed by atoms with E-state index in [4.69, 9.17) is 23.2 Å². The van der Waals surface area contributed by atoms with Gasteiger partial charge in [-0.15, -0.1) is 0 Å². The van der Waals surface area contributed by atoms with Crippen LogP contribution >= 0.6 is 23.2 Å². The molecular weight excluding hydrogens is 289 g/mol. The average Bonchev–Trinajstić information content (AvgIpc) is 3.18. The van der Waals surface area contributed by atoms with Crippen LogP contribution < -0.4 is 0 Å². The molecule has 1 aromatic rings. The fourth-order valence-corrected chi connectivity index (χ4v) is 3.08. The van der Waals surface area contributed by atoms with Crippen molar-refractivity contribution in [2.45, 2.75) is 57.9 Å². The van der Waals surface area contributed by atoms with Crippen LogP contribution in [-0.4, -0.2) is 24.0 Å². The van der Waals surface area contributed by atoms with Crippen molar-refractivity contribution in [3.05, 3.63) is 33.8 Å². The van der Waals surface area contributed by atoms with Gasteiger partial charge in [-0.3, -0.25) is 0 Å². The van der Waals surface area contributed by atoms with E-state index in [1.165, 1.54) is 37.8 Å². The van der Waals surface area contributed by atoms with Gasteiger partial charge in [-0.2, -0.15) is 0 Å². The lowest BCUT2D eigenvalue weighted by Gasteiger charge is -2.31. The first-order valence-corrected chi connectivity index (χ1v) is 8.44. The molecular formula is C17H25Cl2N. The van der Waals surface area contributed by atoms with Crippen molar-refractivity contribution in [2.24, 2.45) is 0 Å². The van der Waals surface area contributed by atoms with Gasteiger partial charge in [0.05, 0.1) is 10.0 Å². The summed E-state index contributed by atoms with van der Waals surface area (Å²) < 4.78 is 0. The molecule has 1 nitrogen and oxygen atoms in total. The Bertz CT molecular complexity index is 452. The molecule has 0 aliphatic heterocycles. The van der Waals surface area contributed by atoms with Crippen LogP contribution in [0, 0.1) is 0 Å². The van der Waals surface area contributed by atoms with Crippen LogP contribution in [-0.2, 0) is 5.41 Å². The second-order valence-corrected chi connectivity index (χ2v) is 7.14. The number of hydrogen-bond donors (Lipinski definition) is 0. The molecule has 1 fully saturated rings. The van der Waals surface area contributed by atoms with Crippen molar-refractivity contribution >= 4 is 23.2 Å². The monoisotopic (exact) mass is 313 g/mol. The number of halogens is 2. The summed E-state index contributed by atoms with van der Waals surface area (Å²) in [6, 6.07) is 6.75. The van der Waals surface area contributed by atoms with E-state index in [2.05, 4.69) is 37.8 Å². The fraction of sp³-hybridized carbons (Fsp3) is 0.647. The van der Waals surface area contributed by atoms with Gasteiger partial charge in [-0.25, -0.2) is 0 Å². The highest BCUT2D eigenvalue weighted by atomic mass is 35.5. The minimum Gasteiger partial charge on any atom is -0.300 e. The van der Waals surface area contributed by atoms with Crippen molar-refractivity contribution < 1.29 is 0 Å². The van der Waals surface area contributed by atoms with Gasteiger partial charge < -0.3 is 4.90 Å². The van der Waals surface area contributed by atoms with E-state index in [0.29, 0.717) is 21.5 Å². The number of unbranched alkanes of at least 4 members (excludes halogenated alkanes) is 1. The third kappa shape index (κ3) is 3.69. The lowest BCUT2D eigenvalue weighted by atomic mass is 9.94. The number of nitrogens with zero attached hydrogens (tertiary/aromatic N) is 1. The van der Waals surface area contributed by atoms with Crippen molar-refractivity contribution in [3.63, 3.8) is 0 Å². The number of hydrogen-bond acceptors (Lipinski definition) is 1. The van der Waals surface area contributed by atoms with Gasteiger partial charge in [0, 0.05) is 18.0 Å². The van der Waals surface area contributed by atoms with E-state index in [1.54, 1.807) is 0 Å². The summed E-state index contributed by atoms with van der Waals surface area (Å²) >= 11 is 12.2. The maximum Gasteiger partial charge on any atom is 0.0595 e. The van der Waals surface area contributed by atoms with Gasteiger partial charge in [-0.05, 0) is 57.4 Å². The molecule has 0 atom stereocenters. The standard InChI is InChI=1S/C17H25Cl2N/c1-4-5-10-20(13(2)3)12-17(8-9-17)14-6-7-15(18)16(19)11-14/h6-7,11,13H,4-5,8-10,12H2,1-3H3. The Morgan fingerprint density at radius 3 is 2.40 bits per heavy atom. The summed E-state index contributed by atoms with van der Waals surface area (Å²) in [6.07, 6.45) is 5.05. The zero-order valence-electron chi connectivity index (χ0n) is 12.8. The molecule has 3 heteroatoms. The zero-order valence-corrected chi connectivity index (χ0v) is 14.3. The summed E-state index contributed by atoms with van der Waals surface area (Å²) in [4.78, 5) is 2.61. The van der Waals surface area contributed by atoms with Gasteiger partial charge in [0.1, 0.15) is 0 Å². The van der Waals surface area contributed by atoms with Gasteiger partial charge in [0.25, 0.3) is 0 Å². The van der Waals surface area contributed by atoms with E-state index in [0.717, 1.165) is 6.54 Å². The molecule has 0 heterocycles. The topological polar surface area (TPSA) is 3.24 Å². The van der Waals surface area contributed by atoms with Crippen LogP contribution in [0.2, 0.25) is 10.0 Å². The van der Waals surface area contributed by atoms with Crippen LogP contribution in [0.1, 0.15) is 52.0 Å². The maximum absolute atomic E-state index is 6.18. The minimum atomic E-state index is 0.312. The van der Waals surface area contributed by atoms with Crippen LogP contribution in [0.15, 0.2) is 18.2 Å². The second-order valence-electron chi connectivity index (χ2n) is 6.33. The Balaban J connectivity index is 2.11. The summed E-state index contributed by atoms with van der Waals surface area (Å²) in [7, 11) is 0. The number of benzene rings is 1. The van der Waals surface area contributed by atoms with Crippen molar-refractivity contribution in [1.82, 2.24) is 4.90 Å². The van der Waals surface area contributed by atoms with Crippen LogP contribution in [0.25, 0.3) is 0 Å². The molecule has 0 N–H and O–H groups in total. The third-order valence-electron chi connectivity index (χ3n) is 4.42. The normalized spacial score (nSPS) is 16.9. The lowest BCUT2D eigenvalue weighted by Crippen LogP contribution is -2.38. The largest absolute Gasteiger partial charge is 0.300 e. The van der Waals surface area contributed by atoms with E-state index in [9.17, 15) is 0 Å². The molecule has 1 saturated carbocycles. The Hall–Kier alpha value is -0.240. The highest BCUT2D eigenvalue weighted by molar-refractivity contribution is 6.42. The molecule has 1 aliphatic carbocycles. The molecule has 1 aromatic carbocycles. The molecule has 0 amide bonds. The smallest absolute Gasteiger partial charge is 0.0595 e. The van der Waals surface area contributed by atoms with Gasteiger partial charge in [-0.1, -0.05) is 42.6 Å². The highest BCUT2D eigenvalue weighted by Crippen LogP contribution is 2.50. The van der Waals surface area contributed by atoms with E-state index < -0.39 is 0 Å². The first-order chi connectivity index (χ1) is 9.48. The molecule has 1 aliphatic rings. The van der Waals surface area contributed by atoms with Crippen LogP contribution in [0.5, 0.6) is 0 Å². The minimum absolute atomic E-state index is 0.312. The number of rotatable bonds is 7. The summed E-state index contributed by atoms with van der Waals surface area (Å²) in [5.74, 6) is 0. The molecule has 20 heavy (non-hydrogen) atoms. The molecule has 0 spiro atoms. The molecule has 0 saturated heterocycles. The van der Waals surface area contributed by atoms with Crippen molar-refractivity contribution in [3.8, 4) is 0 Å². The zero-order chi connectivity index (χ0) is 14.8. The SMILES string of the molecule is CCCCN(CC1(c2ccc(Cl)c(Cl)c2)CC1)C(C)C. The Morgan fingerprint density at radius 1 is 1.20 bits per heavy atom.